The quantitative estimate of drug-likeness (QED) is 0.368. The summed E-state index contributed by atoms with van der Waals surface area (Å²) in [5, 5.41) is 58.1. The number of aliphatic carboxylic acids is 3. The van der Waals surface area contributed by atoms with Crippen LogP contribution in [0.2, 0.25) is 0 Å². The number of carboxylic acid groups (broad SMARTS) is 3. The Labute approximate surface area is 204 Å². The van der Waals surface area contributed by atoms with E-state index in [9.17, 15) is 29.7 Å². The Morgan fingerprint density at radius 3 is 0.971 bits per heavy atom. The fourth-order valence-corrected chi connectivity index (χ4v) is 2.30. The molecule has 12 nitrogen and oxygen atoms in total. The van der Waals surface area contributed by atoms with Crippen LogP contribution in [0.4, 0.5) is 0 Å². The second-order valence-corrected chi connectivity index (χ2v) is 6.50. The molecule has 0 radical (unpaired) electrons. The minimum Gasteiger partial charge on any atom is -0.545 e. The maximum atomic E-state index is 10.3. The summed E-state index contributed by atoms with van der Waals surface area (Å²) < 4.78 is 14.4. The van der Waals surface area contributed by atoms with Crippen molar-refractivity contribution in [2.75, 3.05) is 0 Å². The Hall–Kier alpha value is -3.82. The molecule has 0 bridgehead atoms. The van der Waals surface area contributed by atoms with E-state index in [1.54, 1.807) is 20.8 Å². The van der Waals surface area contributed by atoms with Gasteiger partial charge in [0.15, 0.2) is 18.3 Å². The summed E-state index contributed by atoms with van der Waals surface area (Å²) in [5.74, 6) is -5.08. The van der Waals surface area contributed by atoms with Crippen LogP contribution in [-0.2, 0) is 28.6 Å². The molecule has 0 saturated carbocycles. The minimum absolute atomic E-state index is 0. The predicted molar refractivity (Wildman–Crippen MR) is 109 cm³/mol. The third-order valence-corrected chi connectivity index (χ3v) is 4.20. The Bertz CT molecular complexity index is 847. The van der Waals surface area contributed by atoms with E-state index >= 15 is 0 Å². The van der Waals surface area contributed by atoms with Crippen molar-refractivity contribution in [3.05, 3.63) is 71.0 Å². The molecule has 0 aromatic rings. The molecule has 0 spiro atoms. The van der Waals surface area contributed by atoms with Gasteiger partial charge in [0.1, 0.15) is 17.3 Å². The van der Waals surface area contributed by atoms with Gasteiger partial charge >= 0.3 is 17.4 Å². The molecule has 180 valence electrons. The van der Waals surface area contributed by atoms with E-state index < -0.39 is 36.2 Å². The monoisotopic (exact) mass is 492 g/mol. The number of carboxylic acids is 3. The van der Waals surface area contributed by atoms with Gasteiger partial charge in [0.05, 0.1) is 36.7 Å². The van der Waals surface area contributed by atoms with Gasteiger partial charge in [0.2, 0.25) is 0 Å². The molecule has 0 aliphatic carbocycles. The van der Waals surface area contributed by atoms with E-state index in [4.69, 9.17) is 29.5 Å². The molecule has 3 heterocycles. The largest absolute Gasteiger partial charge is 3.00 e. The van der Waals surface area contributed by atoms with Crippen LogP contribution >= 0.6 is 0 Å². The summed E-state index contributed by atoms with van der Waals surface area (Å²) in [6.07, 6.45) is 5.31. The summed E-state index contributed by atoms with van der Waals surface area (Å²) in [6.45, 7) is 4.63. The minimum atomic E-state index is -1.39. The van der Waals surface area contributed by atoms with E-state index in [0.29, 0.717) is 0 Å². The standard InChI is InChI=1S/3C7H8O4.Al/c3*1-4-6(8)5(7(9)10)2-3-11-4;/h3*2-4,8H,1H3,(H,9,10);/q;;;+3/p-3. The van der Waals surface area contributed by atoms with Gasteiger partial charge in [-0.3, -0.25) is 0 Å². The maximum Gasteiger partial charge on any atom is 3.00 e. The van der Waals surface area contributed by atoms with Gasteiger partial charge in [-0.15, -0.1) is 0 Å². The number of rotatable bonds is 3. The van der Waals surface area contributed by atoms with E-state index in [0.717, 1.165) is 18.2 Å². The van der Waals surface area contributed by atoms with E-state index in [1.165, 1.54) is 18.8 Å². The van der Waals surface area contributed by atoms with Crippen molar-refractivity contribution in [2.45, 2.75) is 39.1 Å². The first-order valence-corrected chi connectivity index (χ1v) is 9.27. The smallest absolute Gasteiger partial charge is 0.545 e. The van der Waals surface area contributed by atoms with Gasteiger partial charge in [-0.2, -0.15) is 0 Å². The van der Waals surface area contributed by atoms with Crippen molar-refractivity contribution in [1.82, 2.24) is 0 Å². The molecule has 34 heavy (non-hydrogen) atoms. The third-order valence-electron chi connectivity index (χ3n) is 4.20. The fourth-order valence-electron chi connectivity index (χ4n) is 2.30. The molecular formula is C21H21AlO12. The van der Waals surface area contributed by atoms with Gasteiger partial charge in [-0.05, 0) is 39.0 Å². The SMILES string of the molecule is CC1OC=CC(C(=O)[O-])=C1O.CC1OC=CC(C(=O)[O-])=C1O.CC1OC=CC(C(=O)[O-])=C1O.[Al+3]. The van der Waals surface area contributed by atoms with Crippen LogP contribution in [0.15, 0.2) is 71.0 Å². The van der Waals surface area contributed by atoms with Crippen LogP contribution in [0, 0.1) is 0 Å². The molecule has 0 amide bonds. The molecule has 3 aliphatic heterocycles. The molecule has 13 heteroatoms. The molecule has 3 unspecified atom stereocenters. The Morgan fingerprint density at radius 1 is 0.618 bits per heavy atom. The number of carbonyl (C=O) groups excluding carboxylic acids is 3. The Morgan fingerprint density at radius 2 is 0.824 bits per heavy atom. The van der Waals surface area contributed by atoms with Crippen molar-refractivity contribution in [3.63, 3.8) is 0 Å². The van der Waals surface area contributed by atoms with E-state index in [2.05, 4.69) is 0 Å². The summed E-state index contributed by atoms with van der Waals surface area (Å²) in [4.78, 5) is 30.8. The Balaban J connectivity index is 0.000000473. The molecule has 0 aromatic heterocycles. The molecule has 0 fully saturated rings. The van der Waals surface area contributed by atoms with E-state index in [1.807, 2.05) is 0 Å². The zero-order valence-corrected chi connectivity index (χ0v) is 19.4. The molecule has 3 N–H and O–H groups in total. The molecule has 3 atom stereocenters. The average molecular weight is 492 g/mol. The molecule has 0 saturated heterocycles. The molecular weight excluding hydrogens is 471 g/mol. The fraction of sp³-hybridized carbons (Fsp3) is 0.286. The van der Waals surface area contributed by atoms with Crippen LogP contribution in [0.1, 0.15) is 20.8 Å². The van der Waals surface area contributed by atoms with Crippen LogP contribution in [0.5, 0.6) is 0 Å². The zero-order chi connectivity index (χ0) is 25.3. The first kappa shape index (κ1) is 30.2. The van der Waals surface area contributed by atoms with Gasteiger partial charge in [0, 0.05) is 16.7 Å². The summed E-state index contributed by atoms with van der Waals surface area (Å²) in [5.41, 5.74) is -0.656. The normalized spacial score (nSPS) is 22.5. The van der Waals surface area contributed by atoms with Crippen molar-refractivity contribution in [1.29, 1.82) is 0 Å². The summed E-state index contributed by atoms with van der Waals surface area (Å²) in [6, 6.07) is 0. The van der Waals surface area contributed by atoms with Crippen molar-refractivity contribution in [3.8, 4) is 0 Å². The number of ether oxygens (including phenoxy) is 3. The van der Waals surface area contributed by atoms with E-state index in [-0.39, 0.29) is 51.4 Å². The maximum absolute atomic E-state index is 10.3. The number of hydrogen-bond donors (Lipinski definition) is 3. The van der Waals surface area contributed by atoms with Crippen LogP contribution in [0.3, 0.4) is 0 Å². The second kappa shape index (κ2) is 13.7. The van der Waals surface area contributed by atoms with Crippen LogP contribution in [-0.4, -0.2) is 68.9 Å². The first-order chi connectivity index (χ1) is 15.4. The average Bonchev–Trinajstić information content (AvgIpc) is 2.74. The van der Waals surface area contributed by atoms with Crippen molar-refractivity contribution < 1.29 is 59.2 Å². The first-order valence-electron chi connectivity index (χ1n) is 9.27. The number of hydrogen-bond acceptors (Lipinski definition) is 12. The van der Waals surface area contributed by atoms with Gasteiger partial charge in [0.25, 0.3) is 0 Å². The summed E-state index contributed by atoms with van der Waals surface area (Å²) in [7, 11) is 0. The van der Waals surface area contributed by atoms with Gasteiger partial charge in [-0.1, -0.05) is 0 Å². The van der Waals surface area contributed by atoms with Crippen LogP contribution in [0.25, 0.3) is 0 Å². The predicted octanol–water partition coefficient (Wildman–Crippen LogP) is -1.94. The van der Waals surface area contributed by atoms with Gasteiger partial charge in [-0.25, -0.2) is 0 Å². The number of carbonyl (C=O) groups is 3. The number of aliphatic hydroxyl groups excluding tert-OH is 3. The summed E-state index contributed by atoms with van der Waals surface area (Å²) >= 11 is 0. The third kappa shape index (κ3) is 8.27. The van der Waals surface area contributed by atoms with Gasteiger partial charge < -0.3 is 59.2 Å². The number of aliphatic hydroxyl groups is 3. The second-order valence-electron chi connectivity index (χ2n) is 6.50. The molecule has 0 aromatic carbocycles. The molecule has 3 rings (SSSR count). The molecule has 3 aliphatic rings. The van der Waals surface area contributed by atoms with Crippen LogP contribution < -0.4 is 15.3 Å². The van der Waals surface area contributed by atoms with Crippen molar-refractivity contribution >= 4 is 35.3 Å². The topological polar surface area (TPSA) is 209 Å². The van der Waals surface area contributed by atoms with Crippen molar-refractivity contribution in [2.24, 2.45) is 0 Å². The zero-order valence-electron chi connectivity index (χ0n) is 18.3. The Kier molecular flexibility index (Phi) is 12.1.